The second-order valence-electron chi connectivity index (χ2n) is 3.96. The zero-order valence-electron chi connectivity index (χ0n) is 10.1. The van der Waals surface area contributed by atoms with Crippen molar-refractivity contribution in [2.75, 3.05) is 12.5 Å². The van der Waals surface area contributed by atoms with Crippen LogP contribution in [0.4, 0.5) is 5.69 Å². The molecule has 0 radical (unpaired) electrons. The topological polar surface area (TPSA) is 58.4 Å². The molecular formula is C13H15N3OS. The van der Waals surface area contributed by atoms with E-state index in [2.05, 4.69) is 5.43 Å². The molecule has 18 heavy (non-hydrogen) atoms. The summed E-state index contributed by atoms with van der Waals surface area (Å²) in [6.07, 6.45) is 0. The van der Waals surface area contributed by atoms with Crippen LogP contribution in [0.15, 0.2) is 41.8 Å². The van der Waals surface area contributed by atoms with E-state index >= 15 is 0 Å². The van der Waals surface area contributed by atoms with Gasteiger partial charge in [0.25, 0.3) is 5.91 Å². The second-order valence-corrected chi connectivity index (χ2v) is 4.99. The van der Waals surface area contributed by atoms with E-state index in [-0.39, 0.29) is 5.91 Å². The SMILES string of the molecule is CN(Cc1cccs1)C(=O)c1ccc(NN)cc1. The molecule has 0 bridgehead atoms. The van der Waals surface area contributed by atoms with Gasteiger partial charge in [0.15, 0.2) is 0 Å². The van der Waals surface area contributed by atoms with Gasteiger partial charge in [-0.15, -0.1) is 11.3 Å². The first-order chi connectivity index (χ1) is 8.70. The Morgan fingerprint density at radius 1 is 1.33 bits per heavy atom. The van der Waals surface area contributed by atoms with Crippen molar-refractivity contribution >= 4 is 22.9 Å². The van der Waals surface area contributed by atoms with E-state index < -0.39 is 0 Å². The van der Waals surface area contributed by atoms with Crippen molar-refractivity contribution in [2.45, 2.75) is 6.54 Å². The minimum absolute atomic E-state index is 0.00646. The van der Waals surface area contributed by atoms with Crippen LogP contribution in [0.5, 0.6) is 0 Å². The second kappa shape index (κ2) is 5.66. The van der Waals surface area contributed by atoms with Gasteiger partial charge in [0, 0.05) is 23.2 Å². The number of carbonyl (C=O) groups is 1. The molecule has 3 N–H and O–H groups in total. The monoisotopic (exact) mass is 261 g/mol. The average Bonchev–Trinajstić information content (AvgIpc) is 2.91. The maximum Gasteiger partial charge on any atom is 0.253 e. The molecule has 4 nitrogen and oxygen atoms in total. The van der Waals surface area contributed by atoms with Crippen LogP contribution in [-0.4, -0.2) is 17.9 Å². The molecule has 0 unspecified atom stereocenters. The number of rotatable bonds is 4. The number of nitrogen functional groups attached to an aromatic ring is 1. The Labute approximate surface area is 110 Å². The van der Waals surface area contributed by atoms with Crippen molar-refractivity contribution in [3.05, 3.63) is 52.2 Å². The van der Waals surface area contributed by atoms with Crippen LogP contribution < -0.4 is 11.3 Å². The van der Waals surface area contributed by atoms with Gasteiger partial charge in [0.2, 0.25) is 0 Å². The molecule has 0 aliphatic heterocycles. The highest BCUT2D eigenvalue weighted by molar-refractivity contribution is 7.09. The molecule has 1 aromatic heterocycles. The third kappa shape index (κ3) is 2.88. The Morgan fingerprint density at radius 2 is 2.06 bits per heavy atom. The highest BCUT2D eigenvalue weighted by Gasteiger charge is 2.12. The molecule has 0 fully saturated rings. The largest absolute Gasteiger partial charge is 0.337 e. The summed E-state index contributed by atoms with van der Waals surface area (Å²) in [5, 5.41) is 2.01. The molecule has 0 spiro atoms. The summed E-state index contributed by atoms with van der Waals surface area (Å²) in [7, 11) is 1.80. The van der Waals surface area contributed by atoms with Gasteiger partial charge in [0.05, 0.1) is 6.54 Å². The molecular weight excluding hydrogens is 246 g/mol. The van der Waals surface area contributed by atoms with Crippen LogP contribution >= 0.6 is 11.3 Å². The molecule has 0 atom stereocenters. The minimum Gasteiger partial charge on any atom is -0.337 e. The van der Waals surface area contributed by atoms with Crippen LogP contribution in [0.25, 0.3) is 0 Å². The Balaban J connectivity index is 2.05. The number of nitrogens with one attached hydrogen (secondary N) is 1. The zero-order valence-corrected chi connectivity index (χ0v) is 10.9. The Kier molecular flexibility index (Phi) is 3.96. The lowest BCUT2D eigenvalue weighted by Gasteiger charge is -2.16. The van der Waals surface area contributed by atoms with Gasteiger partial charge < -0.3 is 10.3 Å². The molecule has 1 aromatic carbocycles. The number of carbonyl (C=O) groups excluding carboxylic acids is 1. The highest BCUT2D eigenvalue weighted by atomic mass is 32.1. The van der Waals surface area contributed by atoms with Crippen LogP contribution in [0.3, 0.4) is 0 Å². The predicted molar refractivity (Wildman–Crippen MR) is 74.4 cm³/mol. The molecule has 0 saturated heterocycles. The number of hydrogen-bond acceptors (Lipinski definition) is 4. The first-order valence-corrected chi connectivity index (χ1v) is 6.43. The number of nitrogens with two attached hydrogens (primary N) is 1. The van der Waals surface area contributed by atoms with Gasteiger partial charge in [-0.2, -0.15) is 0 Å². The van der Waals surface area contributed by atoms with Gasteiger partial charge in [0.1, 0.15) is 0 Å². The van der Waals surface area contributed by atoms with Gasteiger partial charge >= 0.3 is 0 Å². The van der Waals surface area contributed by atoms with Crippen molar-refractivity contribution in [1.82, 2.24) is 4.90 Å². The van der Waals surface area contributed by atoms with Crippen molar-refractivity contribution in [1.29, 1.82) is 0 Å². The van der Waals surface area contributed by atoms with Crippen LogP contribution in [0.2, 0.25) is 0 Å². The number of amides is 1. The number of hydrogen-bond donors (Lipinski definition) is 2. The zero-order chi connectivity index (χ0) is 13.0. The van der Waals surface area contributed by atoms with Crippen LogP contribution in [0, 0.1) is 0 Å². The third-order valence-corrected chi connectivity index (χ3v) is 3.48. The maximum absolute atomic E-state index is 12.1. The number of thiophene rings is 1. The summed E-state index contributed by atoms with van der Waals surface area (Å²) in [6.45, 7) is 0.632. The van der Waals surface area contributed by atoms with Crippen LogP contribution in [0.1, 0.15) is 15.2 Å². The molecule has 1 heterocycles. The normalized spacial score (nSPS) is 10.1. The number of benzene rings is 1. The van der Waals surface area contributed by atoms with E-state index in [1.54, 1.807) is 47.5 Å². The van der Waals surface area contributed by atoms with E-state index in [9.17, 15) is 4.79 Å². The lowest BCUT2D eigenvalue weighted by atomic mass is 10.2. The summed E-state index contributed by atoms with van der Waals surface area (Å²) in [6, 6.07) is 11.1. The molecule has 0 aliphatic rings. The third-order valence-electron chi connectivity index (χ3n) is 2.62. The van der Waals surface area contributed by atoms with E-state index in [4.69, 9.17) is 5.84 Å². The molecule has 2 aromatic rings. The Hall–Kier alpha value is -1.85. The fourth-order valence-corrected chi connectivity index (χ4v) is 2.39. The molecule has 1 amide bonds. The number of hydrazine groups is 1. The van der Waals surface area contributed by atoms with E-state index in [1.807, 2.05) is 17.5 Å². The van der Waals surface area contributed by atoms with Gasteiger partial charge in [-0.1, -0.05) is 6.07 Å². The van der Waals surface area contributed by atoms with Gasteiger partial charge in [-0.05, 0) is 35.7 Å². The van der Waals surface area contributed by atoms with Gasteiger partial charge in [-0.25, -0.2) is 0 Å². The Bertz CT molecular complexity index is 508. The molecule has 0 aliphatic carbocycles. The van der Waals surface area contributed by atoms with E-state index in [0.29, 0.717) is 12.1 Å². The van der Waals surface area contributed by atoms with Crippen LogP contribution in [-0.2, 0) is 6.54 Å². The maximum atomic E-state index is 12.1. The number of nitrogens with zero attached hydrogens (tertiary/aromatic N) is 1. The minimum atomic E-state index is 0.00646. The van der Waals surface area contributed by atoms with E-state index in [0.717, 1.165) is 5.69 Å². The predicted octanol–water partition coefficient (Wildman–Crippen LogP) is 2.31. The smallest absolute Gasteiger partial charge is 0.253 e. The molecule has 0 saturated carbocycles. The first kappa shape index (κ1) is 12.6. The fourth-order valence-electron chi connectivity index (χ4n) is 1.64. The quantitative estimate of drug-likeness (QED) is 0.656. The molecule has 2 rings (SSSR count). The summed E-state index contributed by atoms with van der Waals surface area (Å²) in [5.41, 5.74) is 3.98. The lowest BCUT2D eigenvalue weighted by Crippen LogP contribution is -2.25. The number of anilines is 1. The first-order valence-electron chi connectivity index (χ1n) is 5.55. The lowest BCUT2D eigenvalue weighted by molar-refractivity contribution is 0.0786. The summed E-state index contributed by atoms with van der Waals surface area (Å²) < 4.78 is 0. The highest BCUT2D eigenvalue weighted by Crippen LogP contribution is 2.14. The van der Waals surface area contributed by atoms with E-state index in [1.165, 1.54) is 4.88 Å². The van der Waals surface area contributed by atoms with Crippen molar-refractivity contribution in [3.63, 3.8) is 0 Å². The Morgan fingerprint density at radius 3 is 2.61 bits per heavy atom. The van der Waals surface area contributed by atoms with Gasteiger partial charge in [-0.3, -0.25) is 10.6 Å². The molecule has 5 heteroatoms. The average molecular weight is 261 g/mol. The van der Waals surface area contributed by atoms with Crippen molar-refractivity contribution in [3.8, 4) is 0 Å². The summed E-state index contributed by atoms with van der Waals surface area (Å²) >= 11 is 1.65. The van der Waals surface area contributed by atoms with Crippen molar-refractivity contribution in [2.24, 2.45) is 5.84 Å². The van der Waals surface area contributed by atoms with Crippen molar-refractivity contribution < 1.29 is 4.79 Å². The standard InChI is InChI=1S/C13H15N3OS/c1-16(9-12-3-2-8-18-12)13(17)10-4-6-11(15-14)7-5-10/h2-8,15H,9,14H2,1H3. The fraction of sp³-hybridized carbons (Fsp3) is 0.154. The summed E-state index contributed by atoms with van der Waals surface area (Å²) in [5.74, 6) is 5.29. The molecule has 94 valence electrons. The summed E-state index contributed by atoms with van der Waals surface area (Å²) in [4.78, 5) is 15.0.